The number of hydrogen-bond acceptors (Lipinski definition) is 3. The number of rotatable bonds is 8. The molecule has 4 nitrogen and oxygen atoms in total. The van der Waals surface area contributed by atoms with Gasteiger partial charge >= 0.3 is 0 Å². The Labute approximate surface area is 126 Å². The Kier molecular flexibility index (Phi) is 6.77. The monoisotopic (exact) mass is 317 g/mol. The molecule has 0 radical (unpaired) electrons. The summed E-state index contributed by atoms with van der Waals surface area (Å²) in [5.74, 6) is -0.781. The van der Waals surface area contributed by atoms with Crippen molar-refractivity contribution in [3.8, 4) is 0 Å². The van der Waals surface area contributed by atoms with Crippen molar-refractivity contribution >= 4 is 10.0 Å². The first-order valence-electron chi connectivity index (χ1n) is 7.29. The molecule has 0 spiro atoms. The molecule has 1 aromatic rings. The highest BCUT2D eigenvalue weighted by Gasteiger charge is 2.30. The summed E-state index contributed by atoms with van der Waals surface area (Å²) in [5.41, 5.74) is 0.384. The van der Waals surface area contributed by atoms with Crippen molar-refractivity contribution in [1.29, 1.82) is 0 Å². The van der Waals surface area contributed by atoms with Crippen LogP contribution in [0.3, 0.4) is 0 Å². The SMILES string of the molecule is CCCCN(C(C)CC)S(=O)(=O)c1cc(CO)ccc1F. The molecule has 0 aliphatic heterocycles. The summed E-state index contributed by atoms with van der Waals surface area (Å²) >= 11 is 0. The quantitative estimate of drug-likeness (QED) is 0.802. The molecule has 0 aromatic heterocycles. The van der Waals surface area contributed by atoms with Gasteiger partial charge in [0.2, 0.25) is 10.0 Å². The maximum Gasteiger partial charge on any atom is 0.246 e. The Morgan fingerprint density at radius 1 is 1.33 bits per heavy atom. The van der Waals surface area contributed by atoms with Gasteiger partial charge in [-0.3, -0.25) is 0 Å². The molecular formula is C15H24FNO3S. The molecule has 21 heavy (non-hydrogen) atoms. The molecule has 1 rings (SSSR count). The van der Waals surface area contributed by atoms with Crippen LogP contribution in [0.5, 0.6) is 0 Å². The lowest BCUT2D eigenvalue weighted by Crippen LogP contribution is -2.39. The number of benzene rings is 1. The van der Waals surface area contributed by atoms with Crippen molar-refractivity contribution < 1.29 is 17.9 Å². The van der Waals surface area contributed by atoms with Crippen LogP contribution in [-0.4, -0.2) is 30.4 Å². The average molecular weight is 317 g/mol. The molecule has 1 N–H and O–H groups in total. The third kappa shape index (κ3) is 4.25. The van der Waals surface area contributed by atoms with Crippen LogP contribution in [0.1, 0.15) is 45.6 Å². The van der Waals surface area contributed by atoms with E-state index in [2.05, 4.69) is 0 Å². The summed E-state index contributed by atoms with van der Waals surface area (Å²) in [6.45, 7) is 5.76. The predicted molar refractivity (Wildman–Crippen MR) is 80.9 cm³/mol. The first-order chi connectivity index (χ1) is 9.88. The van der Waals surface area contributed by atoms with Crippen LogP contribution in [0.25, 0.3) is 0 Å². The first-order valence-corrected chi connectivity index (χ1v) is 8.73. The van der Waals surface area contributed by atoms with Gasteiger partial charge in [0.1, 0.15) is 10.7 Å². The van der Waals surface area contributed by atoms with Gasteiger partial charge in [-0.2, -0.15) is 4.31 Å². The highest BCUT2D eigenvalue weighted by molar-refractivity contribution is 7.89. The van der Waals surface area contributed by atoms with Gasteiger partial charge < -0.3 is 5.11 Å². The van der Waals surface area contributed by atoms with Gasteiger partial charge in [-0.05, 0) is 37.5 Å². The van der Waals surface area contributed by atoms with E-state index >= 15 is 0 Å². The van der Waals surface area contributed by atoms with E-state index in [1.165, 1.54) is 16.4 Å². The molecule has 1 unspecified atom stereocenters. The zero-order chi connectivity index (χ0) is 16.0. The summed E-state index contributed by atoms with van der Waals surface area (Å²) < 4.78 is 40.8. The number of nitrogens with zero attached hydrogens (tertiary/aromatic N) is 1. The fraction of sp³-hybridized carbons (Fsp3) is 0.600. The second-order valence-electron chi connectivity index (χ2n) is 5.15. The highest BCUT2D eigenvalue weighted by atomic mass is 32.2. The second kappa shape index (κ2) is 7.87. The topological polar surface area (TPSA) is 57.6 Å². The molecule has 120 valence electrons. The van der Waals surface area contributed by atoms with Crippen LogP contribution in [0.15, 0.2) is 23.1 Å². The predicted octanol–water partition coefficient (Wildman–Crippen LogP) is 2.91. The molecule has 0 bridgehead atoms. The van der Waals surface area contributed by atoms with Gasteiger partial charge in [0.05, 0.1) is 6.61 Å². The molecule has 0 heterocycles. The Bertz CT molecular complexity index is 560. The van der Waals surface area contributed by atoms with E-state index in [0.29, 0.717) is 18.5 Å². The summed E-state index contributed by atoms with van der Waals surface area (Å²) in [5, 5.41) is 9.12. The normalized spacial score (nSPS) is 13.6. The fourth-order valence-corrected chi connectivity index (χ4v) is 3.92. The maximum atomic E-state index is 14.0. The van der Waals surface area contributed by atoms with Crippen molar-refractivity contribution in [3.63, 3.8) is 0 Å². The number of aliphatic hydroxyl groups excluding tert-OH is 1. The van der Waals surface area contributed by atoms with Crippen LogP contribution >= 0.6 is 0 Å². The zero-order valence-electron chi connectivity index (χ0n) is 12.8. The van der Waals surface area contributed by atoms with E-state index in [9.17, 15) is 12.8 Å². The summed E-state index contributed by atoms with van der Waals surface area (Å²) in [6.07, 6.45) is 2.25. The molecular weight excluding hydrogens is 293 g/mol. The van der Waals surface area contributed by atoms with Crippen LogP contribution in [0, 0.1) is 5.82 Å². The minimum absolute atomic E-state index is 0.196. The standard InChI is InChI=1S/C15H24FNO3S/c1-4-6-9-17(12(3)5-2)21(19,20)15-10-13(11-18)7-8-14(15)16/h7-8,10,12,18H,4-6,9,11H2,1-3H3. The van der Waals surface area contributed by atoms with E-state index in [1.807, 2.05) is 20.8 Å². The third-order valence-electron chi connectivity index (χ3n) is 3.58. The van der Waals surface area contributed by atoms with Crippen molar-refractivity contribution in [2.45, 2.75) is 57.6 Å². The lowest BCUT2D eigenvalue weighted by Gasteiger charge is -2.28. The van der Waals surface area contributed by atoms with Gasteiger partial charge in [0, 0.05) is 12.6 Å². The largest absolute Gasteiger partial charge is 0.392 e. The molecule has 1 atom stereocenters. The lowest BCUT2D eigenvalue weighted by atomic mass is 10.2. The molecule has 0 saturated heterocycles. The Morgan fingerprint density at radius 2 is 2.00 bits per heavy atom. The molecule has 0 fully saturated rings. The summed E-state index contributed by atoms with van der Waals surface area (Å²) in [7, 11) is -3.90. The number of aliphatic hydroxyl groups is 1. The van der Waals surface area contributed by atoms with Crippen LogP contribution in [0.4, 0.5) is 4.39 Å². The number of halogens is 1. The molecule has 0 aliphatic carbocycles. The first kappa shape index (κ1) is 18.1. The molecule has 6 heteroatoms. The Morgan fingerprint density at radius 3 is 2.52 bits per heavy atom. The Balaban J connectivity index is 3.27. The maximum absolute atomic E-state index is 14.0. The van der Waals surface area contributed by atoms with Crippen molar-refractivity contribution in [1.82, 2.24) is 4.31 Å². The van der Waals surface area contributed by atoms with Crippen molar-refractivity contribution in [2.24, 2.45) is 0 Å². The summed E-state index contributed by atoms with van der Waals surface area (Å²) in [4.78, 5) is -0.356. The van der Waals surface area contributed by atoms with Crippen LogP contribution in [-0.2, 0) is 16.6 Å². The van der Waals surface area contributed by atoms with Crippen molar-refractivity contribution in [3.05, 3.63) is 29.6 Å². The fourth-order valence-electron chi connectivity index (χ4n) is 2.07. The molecule has 0 saturated carbocycles. The van der Waals surface area contributed by atoms with Gasteiger partial charge in [-0.1, -0.05) is 26.3 Å². The minimum atomic E-state index is -3.90. The highest BCUT2D eigenvalue weighted by Crippen LogP contribution is 2.24. The third-order valence-corrected chi connectivity index (χ3v) is 5.61. The molecule has 1 aromatic carbocycles. The molecule has 0 amide bonds. The van der Waals surface area contributed by atoms with E-state index < -0.39 is 15.8 Å². The average Bonchev–Trinajstić information content (AvgIpc) is 2.47. The lowest BCUT2D eigenvalue weighted by molar-refractivity contribution is 0.281. The zero-order valence-corrected chi connectivity index (χ0v) is 13.7. The van der Waals surface area contributed by atoms with E-state index in [-0.39, 0.29) is 17.5 Å². The van der Waals surface area contributed by atoms with E-state index in [4.69, 9.17) is 5.11 Å². The smallest absolute Gasteiger partial charge is 0.246 e. The number of sulfonamides is 1. The van der Waals surface area contributed by atoms with Crippen molar-refractivity contribution in [2.75, 3.05) is 6.54 Å². The van der Waals surface area contributed by atoms with Gasteiger partial charge in [-0.25, -0.2) is 12.8 Å². The summed E-state index contributed by atoms with van der Waals surface area (Å²) in [6, 6.07) is 3.49. The molecule has 0 aliphatic rings. The Hall–Kier alpha value is -0.980. The van der Waals surface area contributed by atoms with E-state index in [0.717, 1.165) is 18.9 Å². The van der Waals surface area contributed by atoms with Crippen LogP contribution in [0.2, 0.25) is 0 Å². The number of hydrogen-bond donors (Lipinski definition) is 1. The number of unbranched alkanes of at least 4 members (excludes halogenated alkanes) is 1. The van der Waals surface area contributed by atoms with Gasteiger partial charge in [0.25, 0.3) is 0 Å². The van der Waals surface area contributed by atoms with Gasteiger partial charge in [-0.15, -0.1) is 0 Å². The minimum Gasteiger partial charge on any atom is -0.392 e. The van der Waals surface area contributed by atoms with Gasteiger partial charge in [0.15, 0.2) is 0 Å². The van der Waals surface area contributed by atoms with Crippen LogP contribution < -0.4 is 0 Å². The second-order valence-corrected chi connectivity index (χ2v) is 7.01. The van der Waals surface area contributed by atoms with E-state index in [1.54, 1.807) is 0 Å².